The first-order valence-corrected chi connectivity index (χ1v) is 6.77. The Morgan fingerprint density at radius 3 is 2.31 bits per heavy atom. The van der Waals surface area contributed by atoms with Crippen molar-refractivity contribution in [2.75, 3.05) is 0 Å². The van der Waals surface area contributed by atoms with E-state index in [9.17, 15) is 4.79 Å². The molecular formula is C14H24O2. The van der Waals surface area contributed by atoms with Crippen LogP contribution in [-0.2, 0) is 9.53 Å². The molecule has 0 aromatic heterocycles. The number of ether oxygens (including phenoxy) is 1. The van der Waals surface area contributed by atoms with E-state index in [1.165, 1.54) is 6.42 Å². The Labute approximate surface area is 98.7 Å². The molecule has 1 saturated carbocycles. The number of carbonyl (C=O) groups is 1. The van der Waals surface area contributed by atoms with Crippen molar-refractivity contribution >= 4 is 5.78 Å². The van der Waals surface area contributed by atoms with E-state index in [1.54, 1.807) is 0 Å². The molecule has 2 heteroatoms. The van der Waals surface area contributed by atoms with E-state index in [1.807, 2.05) is 0 Å². The first kappa shape index (κ1) is 12.1. The van der Waals surface area contributed by atoms with Gasteiger partial charge in [0, 0.05) is 5.92 Å². The van der Waals surface area contributed by atoms with Crippen molar-refractivity contribution in [3.05, 3.63) is 0 Å². The van der Waals surface area contributed by atoms with Crippen LogP contribution in [0.1, 0.15) is 52.9 Å². The predicted molar refractivity (Wildman–Crippen MR) is 64.2 cm³/mol. The number of ketones is 1. The van der Waals surface area contributed by atoms with Gasteiger partial charge in [0.25, 0.3) is 0 Å². The molecule has 2 nitrogen and oxygen atoms in total. The van der Waals surface area contributed by atoms with Crippen LogP contribution in [0.4, 0.5) is 0 Å². The zero-order chi connectivity index (χ0) is 11.7. The normalized spacial score (nSPS) is 44.6. The largest absolute Gasteiger partial charge is 0.367 e. The minimum atomic E-state index is -0.0828. The second kappa shape index (κ2) is 4.87. The SMILES string of the molecule is CC1CCC(C(=O)C2CCC(C)C(C)C2)O1. The van der Waals surface area contributed by atoms with Crippen molar-refractivity contribution in [2.24, 2.45) is 17.8 Å². The van der Waals surface area contributed by atoms with Gasteiger partial charge in [0.1, 0.15) is 6.10 Å². The molecular weight excluding hydrogens is 200 g/mol. The van der Waals surface area contributed by atoms with Crippen LogP contribution >= 0.6 is 0 Å². The second-order valence-corrected chi connectivity index (χ2v) is 5.88. The molecule has 0 bridgehead atoms. The number of hydrogen-bond donors (Lipinski definition) is 0. The van der Waals surface area contributed by atoms with Gasteiger partial charge in [-0.2, -0.15) is 0 Å². The molecule has 16 heavy (non-hydrogen) atoms. The van der Waals surface area contributed by atoms with E-state index in [-0.39, 0.29) is 18.1 Å². The summed E-state index contributed by atoms with van der Waals surface area (Å²) in [5, 5.41) is 0. The van der Waals surface area contributed by atoms with Crippen molar-refractivity contribution < 1.29 is 9.53 Å². The summed E-state index contributed by atoms with van der Waals surface area (Å²) in [6.45, 7) is 6.65. The molecule has 0 radical (unpaired) electrons. The number of hydrogen-bond acceptors (Lipinski definition) is 2. The molecule has 5 atom stereocenters. The van der Waals surface area contributed by atoms with Gasteiger partial charge in [0.15, 0.2) is 5.78 Å². The van der Waals surface area contributed by atoms with Gasteiger partial charge in [-0.3, -0.25) is 4.79 Å². The van der Waals surface area contributed by atoms with E-state index in [0.717, 1.165) is 31.6 Å². The highest BCUT2D eigenvalue weighted by Gasteiger charge is 2.36. The maximum absolute atomic E-state index is 12.3. The summed E-state index contributed by atoms with van der Waals surface area (Å²) in [5.74, 6) is 2.15. The minimum Gasteiger partial charge on any atom is -0.367 e. The lowest BCUT2D eigenvalue weighted by atomic mass is 9.73. The topological polar surface area (TPSA) is 26.3 Å². The van der Waals surface area contributed by atoms with Crippen LogP contribution in [0.15, 0.2) is 0 Å². The van der Waals surface area contributed by atoms with E-state index in [2.05, 4.69) is 20.8 Å². The van der Waals surface area contributed by atoms with E-state index in [4.69, 9.17) is 4.74 Å². The molecule has 0 amide bonds. The summed E-state index contributed by atoms with van der Waals surface area (Å²) in [7, 11) is 0. The van der Waals surface area contributed by atoms with Gasteiger partial charge in [-0.05, 0) is 50.9 Å². The van der Waals surface area contributed by atoms with Gasteiger partial charge >= 0.3 is 0 Å². The highest BCUT2D eigenvalue weighted by molar-refractivity contribution is 5.85. The fraction of sp³-hybridized carbons (Fsp3) is 0.929. The van der Waals surface area contributed by atoms with E-state index < -0.39 is 0 Å². The lowest BCUT2D eigenvalue weighted by molar-refractivity contribution is -0.135. The van der Waals surface area contributed by atoms with Crippen molar-refractivity contribution in [1.29, 1.82) is 0 Å². The van der Waals surface area contributed by atoms with Crippen LogP contribution in [-0.4, -0.2) is 18.0 Å². The Bertz CT molecular complexity index is 261. The summed E-state index contributed by atoms with van der Waals surface area (Å²) in [6, 6.07) is 0. The summed E-state index contributed by atoms with van der Waals surface area (Å²) in [5.41, 5.74) is 0. The zero-order valence-corrected chi connectivity index (χ0v) is 10.7. The maximum Gasteiger partial charge on any atom is 0.164 e. The first-order valence-electron chi connectivity index (χ1n) is 6.77. The van der Waals surface area contributed by atoms with Crippen molar-refractivity contribution in [3.63, 3.8) is 0 Å². The summed E-state index contributed by atoms with van der Waals surface area (Å²) in [4.78, 5) is 12.3. The fourth-order valence-corrected chi connectivity index (χ4v) is 3.08. The third-order valence-corrected chi connectivity index (χ3v) is 4.55. The van der Waals surface area contributed by atoms with Crippen LogP contribution in [0, 0.1) is 17.8 Å². The smallest absolute Gasteiger partial charge is 0.164 e. The highest BCUT2D eigenvalue weighted by atomic mass is 16.5. The monoisotopic (exact) mass is 224 g/mol. The molecule has 1 aliphatic carbocycles. The molecule has 2 aliphatic rings. The molecule has 0 aromatic rings. The fourth-order valence-electron chi connectivity index (χ4n) is 3.08. The zero-order valence-electron chi connectivity index (χ0n) is 10.7. The lowest BCUT2D eigenvalue weighted by Gasteiger charge is -2.32. The Morgan fingerprint density at radius 1 is 1.00 bits per heavy atom. The Balaban J connectivity index is 1.90. The Kier molecular flexibility index (Phi) is 3.68. The maximum atomic E-state index is 12.3. The molecule has 2 fully saturated rings. The first-order chi connectivity index (χ1) is 7.58. The van der Waals surface area contributed by atoms with E-state index >= 15 is 0 Å². The molecule has 0 aromatic carbocycles. The standard InChI is InChI=1S/C14H24O2/c1-9-4-6-12(8-10(9)2)14(15)13-7-5-11(3)16-13/h9-13H,4-8H2,1-3H3. The van der Waals surface area contributed by atoms with Gasteiger partial charge < -0.3 is 4.74 Å². The minimum absolute atomic E-state index is 0.0828. The van der Waals surface area contributed by atoms with Gasteiger partial charge in [0.2, 0.25) is 0 Å². The van der Waals surface area contributed by atoms with Crippen LogP contribution in [0.2, 0.25) is 0 Å². The van der Waals surface area contributed by atoms with Gasteiger partial charge in [-0.1, -0.05) is 13.8 Å². The van der Waals surface area contributed by atoms with Crippen LogP contribution < -0.4 is 0 Å². The van der Waals surface area contributed by atoms with Gasteiger partial charge in [-0.25, -0.2) is 0 Å². The quantitative estimate of drug-likeness (QED) is 0.720. The lowest BCUT2D eigenvalue weighted by Crippen LogP contribution is -2.33. The Hall–Kier alpha value is -0.370. The predicted octanol–water partition coefficient (Wildman–Crippen LogP) is 3.20. The van der Waals surface area contributed by atoms with Gasteiger partial charge in [-0.15, -0.1) is 0 Å². The molecule has 1 aliphatic heterocycles. The second-order valence-electron chi connectivity index (χ2n) is 5.88. The Morgan fingerprint density at radius 2 is 1.75 bits per heavy atom. The van der Waals surface area contributed by atoms with Crippen molar-refractivity contribution in [2.45, 2.75) is 65.1 Å². The molecule has 92 valence electrons. The summed E-state index contributed by atoms with van der Waals surface area (Å²) in [6.07, 6.45) is 5.57. The summed E-state index contributed by atoms with van der Waals surface area (Å²) < 4.78 is 5.69. The summed E-state index contributed by atoms with van der Waals surface area (Å²) >= 11 is 0. The number of rotatable bonds is 2. The van der Waals surface area contributed by atoms with Crippen LogP contribution in [0.25, 0.3) is 0 Å². The average molecular weight is 224 g/mol. The average Bonchev–Trinajstić information content (AvgIpc) is 2.68. The molecule has 0 N–H and O–H groups in total. The third kappa shape index (κ3) is 2.48. The third-order valence-electron chi connectivity index (χ3n) is 4.55. The van der Waals surface area contributed by atoms with Crippen LogP contribution in [0.3, 0.4) is 0 Å². The van der Waals surface area contributed by atoms with Crippen molar-refractivity contribution in [1.82, 2.24) is 0 Å². The number of carbonyl (C=O) groups excluding carboxylic acids is 1. The van der Waals surface area contributed by atoms with Gasteiger partial charge in [0.05, 0.1) is 6.10 Å². The molecule has 1 heterocycles. The van der Waals surface area contributed by atoms with E-state index in [0.29, 0.717) is 11.7 Å². The van der Waals surface area contributed by atoms with Crippen LogP contribution in [0.5, 0.6) is 0 Å². The molecule has 2 rings (SSSR count). The number of Topliss-reactive ketones (excluding diaryl/α,β-unsaturated/α-hetero) is 1. The molecule has 1 saturated heterocycles. The molecule has 5 unspecified atom stereocenters. The highest BCUT2D eigenvalue weighted by Crippen LogP contribution is 2.36. The molecule has 0 spiro atoms. The van der Waals surface area contributed by atoms with Crippen molar-refractivity contribution in [3.8, 4) is 0 Å².